The summed E-state index contributed by atoms with van der Waals surface area (Å²) in [6.45, 7) is 4.28. The number of benzene rings is 2. The minimum atomic E-state index is -0.100. The Morgan fingerprint density at radius 3 is 2.48 bits per heavy atom. The fourth-order valence-corrected chi connectivity index (χ4v) is 3.43. The van der Waals surface area contributed by atoms with Crippen molar-refractivity contribution >= 4 is 11.8 Å². The Balaban J connectivity index is 1.87. The molecule has 1 fully saturated rings. The van der Waals surface area contributed by atoms with Crippen LogP contribution in [0.5, 0.6) is 0 Å². The van der Waals surface area contributed by atoms with Crippen LogP contribution in [0.25, 0.3) is 0 Å². The van der Waals surface area contributed by atoms with Crippen LogP contribution in [0.15, 0.2) is 48.5 Å². The van der Waals surface area contributed by atoms with E-state index in [9.17, 15) is 9.59 Å². The third-order valence-electron chi connectivity index (χ3n) is 5.04. The third-order valence-corrected chi connectivity index (χ3v) is 5.04. The third kappa shape index (κ3) is 4.19. The average molecular weight is 365 g/mol. The maximum absolute atomic E-state index is 13.2. The van der Waals surface area contributed by atoms with E-state index in [0.717, 1.165) is 25.1 Å². The topological polar surface area (TPSA) is 52.7 Å². The summed E-state index contributed by atoms with van der Waals surface area (Å²) in [5, 5.41) is 3.39. The molecule has 1 atom stereocenters. The fourth-order valence-electron chi connectivity index (χ4n) is 3.43. The average Bonchev–Trinajstić information content (AvgIpc) is 2.72. The van der Waals surface area contributed by atoms with Gasteiger partial charge in [0.05, 0.1) is 6.04 Å². The van der Waals surface area contributed by atoms with Gasteiger partial charge in [0.1, 0.15) is 0 Å². The van der Waals surface area contributed by atoms with E-state index in [4.69, 9.17) is 0 Å². The second-order valence-electron chi connectivity index (χ2n) is 7.09. The molecule has 1 aliphatic heterocycles. The predicted molar refractivity (Wildman–Crippen MR) is 107 cm³/mol. The summed E-state index contributed by atoms with van der Waals surface area (Å²) in [4.78, 5) is 28.9. The SMILES string of the molecule is CCc1ccc(C2CNCCN2C(=O)c2cccc(C(=O)N(C)C)c2)cc1. The van der Waals surface area contributed by atoms with Crippen molar-refractivity contribution in [1.29, 1.82) is 0 Å². The Morgan fingerprint density at radius 2 is 1.81 bits per heavy atom. The quantitative estimate of drug-likeness (QED) is 0.906. The van der Waals surface area contributed by atoms with Crippen LogP contribution in [-0.4, -0.2) is 55.3 Å². The van der Waals surface area contributed by atoms with Crippen molar-refractivity contribution < 1.29 is 9.59 Å². The van der Waals surface area contributed by atoms with Gasteiger partial charge in [-0.25, -0.2) is 0 Å². The molecule has 1 unspecified atom stereocenters. The molecule has 0 bridgehead atoms. The molecular formula is C22H27N3O2. The summed E-state index contributed by atoms with van der Waals surface area (Å²) < 4.78 is 0. The van der Waals surface area contributed by atoms with Crippen LogP contribution < -0.4 is 5.32 Å². The highest BCUT2D eigenvalue weighted by atomic mass is 16.2. The highest BCUT2D eigenvalue weighted by Crippen LogP contribution is 2.25. The lowest BCUT2D eigenvalue weighted by atomic mass is 9.99. The first-order chi connectivity index (χ1) is 13.0. The summed E-state index contributed by atoms with van der Waals surface area (Å²) in [7, 11) is 3.42. The number of amides is 2. The molecule has 1 N–H and O–H groups in total. The second kappa shape index (κ2) is 8.35. The van der Waals surface area contributed by atoms with Gasteiger partial charge in [0, 0.05) is 44.9 Å². The van der Waals surface area contributed by atoms with Gasteiger partial charge in [-0.2, -0.15) is 0 Å². The number of nitrogens with one attached hydrogen (secondary N) is 1. The van der Waals surface area contributed by atoms with Gasteiger partial charge in [0.15, 0.2) is 0 Å². The Hall–Kier alpha value is -2.66. The van der Waals surface area contributed by atoms with E-state index in [1.54, 1.807) is 38.4 Å². The highest BCUT2D eigenvalue weighted by molar-refractivity contribution is 5.99. The fraction of sp³-hybridized carbons (Fsp3) is 0.364. The molecule has 27 heavy (non-hydrogen) atoms. The van der Waals surface area contributed by atoms with Crippen molar-refractivity contribution in [1.82, 2.24) is 15.1 Å². The molecule has 0 spiro atoms. The summed E-state index contributed by atoms with van der Waals surface area (Å²) >= 11 is 0. The number of hydrogen-bond donors (Lipinski definition) is 1. The van der Waals surface area contributed by atoms with Gasteiger partial charge >= 0.3 is 0 Å². The second-order valence-corrected chi connectivity index (χ2v) is 7.09. The van der Waals surface area contributed by atoms with Crippen molar-refractivity contribution in [3.8, 4) is 0 Å². The van der Waals surface area contributed by atoms with Crippen LogP contribution in [0.2, 0.25) is 0 Å². The van der Waals surface area contributed by atoms with E-state index < -0.39 is 0 Å². The minimum absolute atomic E-state index is 0.00892. The zero-order valence-electron chi connectivity index (χ0n) is 16.2. The predicted octanol–water partition coefficient (Wildman–Crippen LogP) is 2.74. The Morgan fingerprint density at radius 1 is 1.11 bits per heavy atom. The molecular weight excluding hydrogens is 338 g/mol. The van der Waals surface area contributed by atoms with Crippen LogP contribution in [0.1, 0.15) is 44.8 Å². The van der Waals surface area contributed by atoms with Gasteiger partial charge in [-0.15, -0.1) is 0 Å². The molecule has 0 saturated carbocycles. The van der Waals surface area contributed by atoms with E-state index in [1.807, 2.05) is 4.90 Å². The van der Waals surface area contributed by atoms with Crippen LogP contribution in [-0.2, 0) is 6.42 Å². The normalized spacial score (nSPS) is 16.9. The van der Waals surface area contributed by atoms with Gasteiger partial charge < -0.3 is 15.1 Å². The van der Waals surface area contributed by atoms with Crippen LogP contribution in [0.3, 0.4) is 0 Å². The van der Waals surface area contributed by atoms with E-state index in [-0.39, 0.29) is 17.9 Å². The first-order valence-corrected chi connectivity index (χ1v) is 9.43. The molecule has 1 saturated heterocycles. The molecule has 2 amide bonds. The highest BCUT2D eigenvalue weighted by Gasteiger charge is 2.29. The van der Waals surface area contributed by atoms with E-state index >= 15 is 0 Å². The Kier molecular flexibility index (Phi) is 5.91. The van der Waals surface area contributed by atoms with Crippen LogP contribution in [0.4, 0.5) is 0 Å². The van der Waals surface area contributed by atoms with Crippen molar-refractivity contribution in [3.05, 3.63) is 70.8 Å². The summed E-state index contributed by atoms with van der Waals surface area (Å²) in [6.07, 6.45) is 0.999. The van der Waals surface area contributed by atoms with Gasteiger partial charge in [0.2, 0.25) is 0 Å². The summed E-state index contributed by atoms with van der Waals surface area (Å²) in [5.41, 5.74) is 3.51. The summed E-state index contributed by atoms with van der Waals surface area (Å²) in [6, 6.07) is 15.5. The maximum Gasteiger partial charge on any atom is 0.254 e. The number of piperazine rings is 1. The van der Waals surface area contributed by atoms with Crippen molar-refractivity contribution in [2.24, 2.45) is 0 Å². The zero-order valence-corrected chi connectivity index (χ0v) is 16.2. The number of hydrogen-bond acceptors (Lipinski definition) is 3. The summed E-state index contributed by atoms with van der Waals surface area (Å²) in [5.74, 6) is -0.133. The molecule has 5 nitrogen and oxygen atoms in total. The molecule has 3 rings (SSSR count). The maximum atomic E-state index is 13.2. The number of aryl methyl sites for hydroxylation is 1. The van der Waals surface area contributed by atoms with Crippen molar-refractivity contribution in [2.45, 2.75) is 19.4 Å². The van der Waals surface area contributed by atoms with Gasteiger partial charge in [-0.1, -0.05) is 37.3 Å². The van der Waals surface area contributed by atoms with Gasteiger partial charge in [-0.05, 0) is 35.7 Å². The number of carbonyl (C=O) groups excluding carboxylic acids is 2. The first kappa shape index (κ1) is 19.1. The lowest BCUT2D eigenvalue weighted by molar-refractivity contribution is 0.0634. The first-order valence-electron chi connectivity index (χ1n) is 9.43. The minimum Gasteiger partial charge on any atom is -0.345 e. The molecule has 5 heteroatoms. The largest absolute Gasteiger partial charge is 0.345 e. The van der Waals surface area contributed by atoms with E-state index in [1.165, 1.54) is 10.5 Å². The molecule has 1 heterocycles. The smallest absolute Gasteiger partial charge is 0.254 e. The van der Waals surface area contributed by atoms with Crippen LogP contribution >= 0.6 is 0 Å². The molecule has 0 radical (unpaired) electrons. The number of rotatable bonds is 4. The molecule has 2 aromatic carbocycles. The lowest BCUT2D eigenvalue weighted by Crippen LogP contribution is -2.48. The van der Waals surface area contributed by atoms with E-state index in [2.05, 4.69) is 36.5 Å². The molecule has 142 valence electrons. The standard InChI is InChI=1S/C22H27N3O2/c1-4-16-8-10-17(11-9-16)20-15-23-12-13-25(20)22(27)19-7-5-6-18(14-19)21(26)24(2)3/h5-11,14,20,23H,4,12-13,15H2,1-3H3. The number of nitrogens with zero attached hydrogens (tertiary/aromatic N) is 2. The Bertz CT molecular complexity index is 815. The van der Waals surface area contributed by atoms with Crippen molar-refractivity contribution in [3.63, 3.8) is 0 Å². The van der Waals surface area contributed by atoms with Crippen molar-refractivity contribution in [2.75, 3.05) is 33.7 Å². The Labute approximate surface area is 161 Å². The molecule has 0 aliphatic carbocycles. The van der Waals surface area contributed by atoms with Gasteiger partial charge in [0.25, 0.3) is 11.8 Å². The molecule has 1 aliphatic rings. The number of carbonyl (C=O) groups is 2. The molecule has 0 aromatic heterocycles. The van der Waals surface area contributed by atoms with Gasteiger partial charge in [-0.3, -0.25) is 9.59 Å². The monoisotopic (exact) mass is 365 g/mol. The zero-order chi connectivity index (χ0) is 19.4. The molecule has 2 aromatic rings. The van der Waals surface area contributed by atoms with Crippen LogP contribution in [0, 0.1) is 0 Å². The van der Waals surface area contributed by atoms with E-state index in [0.29, 0.717) is 17.7 Å². The lowest BCUT2D eigenvalue weighted by Gasteiger charge is -2.36.